The van der Waals surface area contributed by atoms with Crippen LogP contribution in [-0.4, -0.2) is 31.1 Å². The van der Waals surface area contributed by atoms with Crippen molar-refractivity contribution in [3.63, 3.8) is 0 Å². The summed E-state index contributed by atoms with van der Waals surface area (Å²) in [5, 5.41) is 3.62. The Labute approximate surface area is 117 Å². The lowest BCUT2D eigenvalue weighted by Crippen LogP contribution is -2.33. The Hall–Kier alpha value is -0.800. The van der Waals surface area contributed by atoms with Crippen LogP contribution in [0.25, 0.3) is 0 Å². The highest BCUT2D eigenvalue weighted by atomic mass is 16.3. The molecule has 1 saturated heterocycles. The number of hydrogen-bond donors (Lipinski definition) is 1. The third-order valence-electron chi connectivity index (χ3n) is 4.12. The molecule has 1 unspecified atom stereocenters. The van der Waals surface area contributed by atoms with E-state index in [1.165, 1.54) is 50.9 Å². The Kier molecular flexibility index (Phi) is 5.46. The average molecular weight is 264 g/mol. The molecule has 0 aromatic carbocycles. The third kappa shape index (κ3) is 4.36. The fourth-order valence-corrected chi connectivity index (χ4v) is 2.99. The van der Waals surface area contributed by atoms with Gasteiger partial charge < -0.3 is 14.6 Å². The van der Waals surface area contributed by atoms with Crippen molar-refractivity contribution < 1.29 is 4.42 Å². The molecule has 1 aliphatic heterocycles. The molecule has 0 amide bonds. The number of hydrogen-bond acceptors (Lipinski definition) is 3. The maximum absolute atomic E-state index is 5.60. The van der Waals surface area contributed by atoms with Gasteiger partial charge in [0.05, 0.1) is 0 Å². The van der Waals surface area contributed by atoms with Gasteiger partial charge in [-0.3, -0.25) is 0 Å². The van der Waals surface area contributed by atoms with E-state index in [2.05, 4.69) is 30.1 Å². The molecule has 0 spiro atoms. The topological polar surface area (TPSA) is 28.4 Å². The quantitative estimate of drug-likeness (QED) is 0.883. The smallest absolute Gasteiger partial charge is 0.105 e. The molecule has 1 aromatic heterocycles. The summed E-state index contributed by atoms with van der Waals surface area (Å²) < 4.78 is 5.60. The molecule has 1 atom stereocenters. The number of aryl methyl sites for hydroxylation is 2. The Morgan fingerprint density at radius 1 is 1.21 bits per heavy atom. The molecule has 3 nitrogen and oxygen atoms in total. The minimum Gasteiger partial charge on any atom is -0.466 e. The molecule has 1 aliphatic rings. The lowest BCUT2D eigenvalue weighted by atomic mass is 10.1. The molecule has 1 aromatic rings. The van der Waals surface area contributed by atoms with Crippen LogP contribution in [0.1, 0.15) is 55.7 Å². The van der Waals surface area contributed by atoms with E-state index >= 15 is 0 Å². The van der Waals surface area contributed by atoms with Crippen LogP contribution in [0.4, 0.5) is 0 Å². The molecule has 0 aliphatic carbocycles. The minimum absolute atomic E-state index is 0.379. The molecule has 19 heavy (non-hydrogen) atoms. The molecule has 2 rings (SSSR count). The first-order chi connectivity index (χ1) is 9.16. The van der Waals surface area contributed by atoms with Gasteiger partial charge in [-0.05, 0) is 52.8 Å². The van der Waals surface area contributed by atoms with Gasteiger partial charge in [0.15, 0.2) is 0 Å². The zero-order valence-electron chi connectivity index (χ0n) is 12.7. The van der Waals surface area contributed by atoms with Gasteiger partial charge in [0.2, 0.25) is 0 Å². The van der Waals surface area contributed by atoms with Crippen molar-refractivity contribution in [3.8, 4) is 0 Å². The van der Waals surface area contributed by atoms with E-state index in [-0.39, 0.29) is 0 Å². The van der Waals surface area contributed by atoms with Crippen LogP contribution in [0.2, 0.25) is 0 Å². The highest BCUT2D eigenvalue weighted by Gasteiger charge is 2.13. The Balaban J connectivity index is 1.74. The van der Waals surface area contributed by atoms with Crippen LogP contribution < -0.4 is 5.32 Å². The van der Waals surface area contributed by atoms with Gasteiger partial charge in [0, 0.05) is 24.7 Å². The summed E-state index contributed by atoms with van der Waals surface area (Å²) in [4.78, 5) is 2.60. The van der Waals surface area contributed by atoms with Gasteiger partial charge in [-0.15, -0.1) is 0 Å². The second-order valence-corrected chi connectivity index (χ2v) is 5.80. The maximum atomic E-state index is 5.60. The largest absolute Gasteiger partial charge is 0.466 e. The van der Waals surface area contributed by atoms with Gasteiger partial charge in [0.1, 0.15) is 11.5 Å². The first kappa shape index (κ1) is 14.6. The van der Waals surface area contributed by atoms with Gasteiger partial charge in [-0.25, -0.2) is 0 Å². The number of likely N-dealkylation sites (tertiary alicyclic amines) is 1. The molecular weight excluding hydrogens is 236 g/mol. The van der Waals surface area contributed by atoms with Crippen molar-refractivity contribution in [1.29, 1.82) is 0 Å². The van der Waals surface area contributed by atoms with Crippen LogP contribution in [0, 0.1) is 13.8 Å². The summed E-state index contributed by atoms with van der Waals surface area (Å²) >= 11 is 0. The fourth-order valence-electron chi connectivity index (χ4n) is 2.99. The number of furan rings is 1. The summed E-state index contributed by atoms with van der Waals surface area (Å²) in [5.74, 6) is 2.06. The van der Waals surface area contributed by atoms with Gasteiger partial charge in [-0.2, -0.15) is 0 Å². The Bertz CT molecular complexity index is 378. The van der Waals surface area contributed by atoms with Crippen LogP contribution in [-0.2, 0) is 0 Å². The summed E-state index contributed by atoms with van der Waals surface area (Å²) in [5.41, 5.74) is 1.30. The van der Waals surface area contributed by atoms with E-state index < -0.39 is 0 Å². The lowest BCUT2D eigenvalue weighted by molar-refractivity contribution is 0.280. The Morgan fingerprint density at radius 3 is 2.47 bits per heavy atom. The van der Waals surface area contributed by atoms with Crippen LogP contribution in [0.3, 0.4) is 0 Å². The van der Waals surface area contributed by atoms with Gasteiger partial charge in [-0.1, -0.05) is 12.8 Å². The van der Waals surface area contributed by atoms with Crippen molar-refractivity contribution in [2.24, 2.45) is 0 Å². The minimum atomic E-state index is 0.379. The zero-order chi connectivity index (χ0) is 13.7. The van der Waals surface area contributed by atoms with E-state index in [4.69, 9.17) is 4.42 Å². The summed E-state index contributed by atoms with van der Waals surface area (Å²) in [6.07, 6.45) is 5.56. The summed E-state index contributed by atoms with van der Waals surface area (Å²) in [6, 6.07) is 2.53. The second kappa shape index (κ2) is 7.11. The van der Waals surface area contributed by atoms with Gasteiger partial charge in [0.25, 0.3) is 0 Å². The van der Waals surface area contributed by atoms with Crippen LogP contribution in [0.15, 0.2) is 10.5 Å². The predicted molar refractivity (Wildman–Crippen MR) is 79.5 cm³/mol. The van der Waals surface area contributed by atoms with Crippen molar-refractivity contribution in [3.05, 3.63) is 23.2 Å². The van der Waals surface area contributed by atoms with Crippen molar-refractivity contribution in [1.82, 2.24) is 10.2 Å². The molecule has 0 radical (unpaired) electrons. The predicted octanol–water partition coefficient (Wildman–Crippen LogP) is 3.42. The molecule has 108 valence electrons. The average Bonchev–Trinajstić information content (AvgIpc) is 2.58. The summed E-state index contributed by atoms with van der Waals surface area (Å²) in [6.45, 7) is 11.1. The summed E-state index contributed by atoms with van der Waals surface area (Å²) in [7, 11) is 0. The van der Waals surface area contributed by atoms with E-state index in [9.17, 15) is 0 Å². The molecule has 1 N–H and O–H groups in total. The van der Waals surface area contributed by atoms with Crippen LogP contribution >= 0.6 is 0 Å². The normalized spacial score (nSPS) is 19.3. The van der Waals surface area contributed by atoms with Crippen molar-refractivity contribution >= 4 is 0 Å². The van der Waals surface area contributed by atoms with Crippen molar-refractivity contribution in [2.45, 2.75) is 52.5 Å². The lowest BCUT2D eigenvalue weighted by Gasteiger charge is -2.21. The zero-order valence-corrected chi connectivity index (χ0v) is 12.7. The molecule has 2 heterocycles. The standard InChI is InChI=1S/C16H28N2O/c1-13-12-16(15(3)19-13)14(2)17-8-11-18-9-6-4-5-7-10-18/h12,14,17H,4-11H2,1-3H3. The van der Waals surface area contributed by atoms with E-state index in [1.54, 1.807) is 0 Å². The first-order valence-electron chi connectivity index (χ1n) is 7.69. The SMILES string of the molecule is Cc1cc(C(C)NCCN2CCCCCC2)c(C)o1. The number of nitrogens with zero attached hydrogens (tertiary/aromatic N) is 1. The number of nitrogens with one attached hydrogen (secondary N) is 1. The highest BCUT2D eigenvalue weighted by Crippen LogP contribution is 2.20. The fraction of sp³-hybridized carbons (Fsp3) is 0.750. The van der Waals surface area contributed by atoms with Crippen molar-refractivity contribution in [2.75, 3.05) is 26.2 Å². The molecular formula is C16H28N2O. The van der Waals surface area contributed by atoms with E-state index in [0.717, 1.165) is 18.1 Å². The monoisotopic (exact) mass is 264 g/mol. The second-order valence-electron chi connectivity index (χ2n) is 5.80. The third-order valence-corrected chi connectivity index (χ3v) is 4.12. The van der Waals surface area contributed by atoms with Crippen LogP contribution in [0.5, 0.6) is 0 Å². The maximum Gasteiger partial charge on any atom is 0.105 e. The van der Waals surface area contributed by atoms with E-state index in [1.807, 2.05) is 6.92 Å². The first-order valence-corrected chi connectivity index (χ1v) is 7.69. The number of rotatable bonds is 5. The van der Waals surface area contributed by atoms with E-state index in [0.29, 0.717) is 6.04 Å². The molecule has 1 fully saturated rings. The molecule has 0 bridgehead atoms. The molecule has 3 heteroatoms. The molecule has 0 saturated carbocycles. The Morgan fingerprint density at radius 2 is 1.89 bits per heavy atom. The van der Waals surface area contributed by atoms with Gasteiger partial charge >= 0.3 is 0 Å². The highest BCUT2D eigenvalue weighted by molar-refractivity contribution is 5.23.